The van der Waals surface area contributed by atoms with Gasteiger partial charge in [0.05, 0.1) is 0 Å². The van der Waals surface area contributed by atoms with Crippen molar-refractivity contribution in [3.63, 3.8) is 0 Å². The molecule has 0 aliphatic heterocycles. The Morgan fingerprint density at radius 1 is 1.17 bits per heavy atom. The summed E-state index contributed by atoms with van der Waals surface area (Å²) in [6.45, 7) is 5.75. The number of hydrogen-bond donors (Lipinski definition) is 0. The van der Waals surface area contributed by atoms with Gasteiger partial charge in [0.2, 0.25) is 0 Å². The Bertz CT molecular complexity index is 147. The molecule has 0 fully saturated rings. The van der Waals surface area contributed by atoms with E-state index in [9.17, 15) is 0 Å². The van der Waals surface area contributed by atoms with Crippen molar-refractivity contribution in [2.45, 2.75) is 45.4 Å². The first-order chi connectivity index (χ1) is 5.91. The van der Waals surface area contributed by atoms with Gasteiger partial charge in [0, 0.05) is 0 Å². The second-order valence-corrected chi connectivity index (χ2v) is 2.96. The zero-order valence-electron chi connectivity index (χ0n) is 8.18. The fourth-order valence-corrected chi connectivity index (χ4v) is 1.05. The van der Waals surface area contributed by atoms with Crippen molar-refractivity contribution < 1.29 is 0 Å². The van der Waals surface area contributed by atoms with Crippen LogP contribution in [-0.2, 0) is 0 Å². The SMILES string of the molecule is C=C=CCC=CCCCCCC. The molecule has 0 heterocycles. The minimum absolute atomic E-state index is 0.983. The maximum absolute atomic E-state index is 3.50. The summed E-state index contributed by atoms with van der Waals surface area (Å²) in [4.78, 5) is 0. The zero-order chi connectivity index (χ0) is 9.07. The highest BCUT2D eigenvalue weighted by molar-refractivity contribution is 4.90. The minimum atomic E-state index is 0.983. The van der Waals surface area contributed by atoms with E-state index in [1.54, 1.807) is 0 Å². The maximum atomic E-state index is 3.50. The predicted octanol–water partition coefficient (Wildman–Crippen LogP) is 4.24. The van der Waals surface area contributed by atoms with Crippen molar-refractivity contribution in [2.75, 3.05) is 0 Å². The third kappa shape index (κ3) is 9.26. The van der Waals surface area contributed by atoms with E-state index >= 15 is 0 Å². The molecule has 0 aromatic carbocycles. The van der Waals surface area contributed by atoms with Crippen molar-refractivity contribution >= 4 is 0 Å². The molecule has 0 N–H and O–H groups in total. The van der Waals surface area contributed by atoms with E-state index in [2.05, 4.69) is 31.4 Å². The summed E-state index contributed by atoms with van der Waals surface area (Å²) in [6.07, 6.45) is 14.0. The van der Waals surface area contributed by atoms with Crippen molar-refractivity contribution in [3.8, 4) is 0 Å². The molecule has 68 valence electrons. The van der Waals surface area contributed by atoms with Crippen LogP contribution >= 0.6 is 0 Å². The fourth-order valence-electron chi connectivity index (χ4n) is 1.05. The Kier molecular flexibility index (Phi) is 9.63. The molecule has 0 nitrogen and oxygen atoms in total. The fraction of sp³-hybridized carbons (Fsp3) is 0.583. The van der Waals surface area contributed by atoms with Crippen LogP contribution in [0.1, 0.15) is 45.4 Å². The first kappa shape index (κ1) is 11.3. The van der Waals surface area contributed by atoms with Gasteiger partial charge in [-0.25, -0.2) is 0 Å². The second kappa shape index (κ2) is 10.3. The molecule has 0 amide bonds. The lowest BCUT2D eigenvalue weighted by atomic mass is 10.1. The quantitative estimate of drug-likeness (QED) is 0.300. The Morgan fingerprint density at radius 3 is 2.67 bits per heavy atom. The third-order valence-electron chi connectivity index (χ3n) is 1.79. The maximum Gasteiger partial charge on any atom is -0.00932 e. The Labute approximate surface area is 76.7 Å². The lowest BCUT2D eigenvalue weighted by Crippen LogP contribution is -1.73. The molecule has 0 aromatic heterocycles. The van der Waals surface area contributed by atoms with Crippen LogP contribution in [0.2, 0.25) is 0 Å². The van der Waals surface area contributed by atoms with Crippen molar-refractivity contribution in [2.24, 2.45) is 0 Å². The topological polar surface area (TPSA) is 0 Å². The molecule has 0 aliphatic rings. The number of hydrogen-bond acceptors (Lipinski definition) is 0. The summed E-state index contributed by atoms with van der Waals surface area (Å²) in [5.41, 5.74) is 2.75. The Morgan fingerprint density at radius 2 is 2.00 bits per heavy atom. The van der Waals surface area contributed by atoms with Crippen LogP contribution in [0.5, 0.6) is 0 Å². The molecule has 0 spiro atoms. The van der Waals surface area contributed by atoms with E-state index in [0.717, 1.165) is 6.42 Å². The number of allylic oxidation sites excluding steroid dienone is 3. The highest BCUT2D eigenvalue weighted by Crippen LogP contribution is 2.03. The monoisotopic (exact) mass is 164 g/mol. The van der Waals surface area contributed by atoms with Crippen LogP contribution in [0.25, 0.3) is 0 Å². The van der Waals surface area contributed by atoms with Gasteiger partial charge in [-0.2, -0.15) is 0 Å². The van der Waals surface area contributed by atoms with Gasteiger partial charge in [-0.05, 0) is 25.3 Å². The third-order valence-corrected chi connectivity index (χ3v) is 1.79. The molecule has 0 rings (SSSR count). The van der Waals surface area contributed by atoms with Crippen LogP contribution in [0.3, 0.4) is 0 Å². The van der Waals surface area contributed by atoms with Crippen LogP contribution < -0.4 is 0 Å². The minimum Gasteiger partial charge on any atom is -0.133 e. The first-order valence-electron chi connectivity index (χ1n) is 4.91. The summed E-state index contributed by atoms with van der Waals surface area (Å²) in [5, 5.41) is 0. The molecule has 12 heavy (non-hydrogen) atoms. The van der Waals surface area contributed by atoms with E-state index in [0.29, 0.717) is 0 Å². The summed E-state index contributed by atoms with van der Waals surface area (Å²) in [7, 11) is 0. The van der Waals surface area contributed by atoms with Gasteiger partial charge in [-0.1, -0.05) is 44.9 Å². The first-order valence-corrected chi connectivity index (χ1v) is 4.91. The average Bonchev–Trinajstić information content (AvgIpc) is 2.10. The molecule has 0 atom stereocenters. The smallest absolute Gasteiger partial charge is 0.00932 e. The van der Waals surface area contributed by atoms with E-state index in [1.807, 2.05) is 6.08 Å². The van der Waals surface area contributed by atoms with E-state index in [1.165, 1.54) is 32.1 Å². The van der Waals surface area contributed by atoms with E-state index in [4.69, 9.17) is 0 Å². The lowest BCUT2D eigenvalue weighted by Gasteiger charge is -1.93. The summed E-state index contributed by atoms with van der Waals surface area (Å²) in [6, 6.07) is 0. The zero-order valence-corrected chi connectivity index (χ0v) is 8.18. The molecule has 0 saturated heterocycles. The van der Waals surface area contributed by atoms with Gasteiger partial charge in [-0.15, -0.1) is 5.73 Å². The van der Waals surface area contributed by atoms with E-state index < -0.39 is 0 Å². The summed E-state index contributed by atoms with van der Waals surface area (Å²) in [5.74, 6) is 0. The highest BCUT2D eigenvalue weighted by atomic mass is 13.9. The average molecular weight is 164 g/mol. The largest absolute Gasteiger partial charge is 0.133 e. The van der Waals surface area contributed by atoms with Gasteiger partial charge >= 0.3 is 0 Å². The Balaban J connectivity index is 3.07. The summed E-state index contributed by atoms with van der Waals surface area (Å²) >= 11 is 0. The van der Waals surface area contributed by atoms with Crippen LogP contribution in [0.15, 0.2) is 30.5 Å². The van der Waals surface area contributed by atoms with Gasteiger partial charge in [0.1, 0.15) is 0 Å². The Hall–Kier alpha value is -0.740. The van der Waals surface area contributed by atoms with Crippen LogP contribution in [0, 0.1) is 0 Å². The van der Waals surface area contributed by atoms with Gasteiger partial charge in [-0.3, -0.25) is 0 Å². The number of rotatable bonds is 7. The molecule has 0 saturated carbocycles. The second-order valence-electron chi connectivity index (χ2n) is 2.96. The van der Waals surface area contributed by atoms with Gasteiger partial charge in [0.25, 0.3) is 0 Å². The van der Waals surface area contributed by atoms with Crippen molar-refractivity contribution in [3.05, 3.63) is 30.5 Å². The molecular formula is C12H20. The van der Waals surface area contributed by atoms with Crippen molar-refractivity contribution in [1.29, 1.82) is 0 Å². The predicted molar refractivity (Wildman–Crippen MR) is 56.2 cm³/mol. The molecule has 0 aromatic rings. The molecule has 0 radical (unpaired) electrons. The molecule has 0 heteroatoms. The van der Waals surface area contributed by atoms with Gasteiger partial charge in [0.15, 0.2) is 0 Å². The molecule has 0 aliphatic carbocycles. The van der Waals surface area contributed by atoms with Crippen molar-refractivity contribution in [1.82, 2.24) is 0 Å². The molecule has 0 unspecified atom stereocenters. The van der Waals surface area contributed by atoms with Crippen LogP contribution in [-0.4, -0.2) is 0 Å². The normalized spacial score (nSPS) is 10.1. The molecule has 0 bridgehead atoms. The summed E-state index contributed by atoms with van der Waals surface area (Å²) < 4.78 is 0. The lowest BCUT2D eigenvalue weighted by molar-refractivity contribution is 0.674. The van der Waals surface area contributed by atoms with Gasteiger partial charge < -0.3 is 0 Å². The number of unbranched alkanes of at least 4 members (excludes halogenated alkanes) is 4. The standard InChI is InChI=1S/C12H20/c1-3-5-7-9-11-12-10-8-6-4-2/h5,9,11H,1,4,6-8,10,12H2,2H3. The van der Waals surface area contributed by atoms with Crippen LogP contribution in [0.4, 0.5) is 0 Å². The van der Waals surface area contributed by atoms with E-state index in [-0.39, 0.29) is 0 Å². The molecular weight excluding hydrogens is 144 g/mol. The highest BCUT2D eigenvalue weighted by Gasteiger charge is 1.83.